The number of hydrogen-bond donors (Lipinski definition) is 0. The molecular formula is C21H24O2. The highest BCUT2D eigenvalue weighted by molar-refractivity contribution is 6.02. The van der Waals surface area contributed by atoms with Gasteiger partial charge in [-0.2, -0.15) is 0 Å². The molecule has 0 aliphatic rings. The monoisotopic (exact) mass is 308 g/mol. The first-order chi connectivity index (χ1) is 10.8. The van der Waals surface area contributed by atoms with Crippen molar-refractivity contribution in [1.82, 2.24) is 0 Å². The summed E-state index contributed by atoms with van der Waals surface area (Å²) in [5.74, 6) is 0.147. The van der Waals surface area contributed by atoms with Gasteiger partial charge in [0.1, 0.15) is 0 Å². The van der Waals surface area contributed by atoms with Crippen LogP contribution in [0.5, 0.6) is 0 Å². The molecule has 2 heteroatoms. The van der Waals surface area contributed by atoms with Gasteiger partial charge in [-0.05, 0) is 5.41 Å². The summed E-state index contributed by atoms with van der Waals surface area (Å²) in [6.07, 6.45) is 0.336. The molecular weight excluding hydrogens is 284 g/mol. The molecule has 0 atom stereocenters. The smallest absolute Gasteiger partial charge is 0.168 e. The van der Waals surface area contributed by atoms with E-state index in [-0.39, 0.29) is 11.6 Å². The van der Waals surface area contributed by atoms with E-state index in [1.807, 2.05) is 88.4 Å². The van der Waals surface area contributed by atoms with Crippen LogP contribution in [-0.4, -0.2) is 11.6 Å². The van der Waals surface area contributed by atoms with Crippen LogP contribution in [0.4, 0.5) is 0 Å². The largest absolute Gasteiger partial charge is 0.294 e. The van der Waals surface area contributed by atoms with Crippen molar-refractivity contribution in [3.8, 4) is 0 Å². The Morgan fingerprint density at radius 2 is 1.17 bits per heavy atom. The maximum Gasteiger partial charge on any atom is 0.168 e. The first-order valence-corrected chi connectivity index (χ1v) is 7.94. The van der Waals surface area contributed by atoms with E-state index in [0.29, 0.717) is 17.5 Å². The maximum absolute atomic E-state index is 12.9. The average molecular weight is 308 g/mol. The second kappa shape index (κ2) is 6.49. The van der Waals surface area contributed by atoms with Gasteiger partial charge in [0.25, 0.3) is 0 Å². The van der Waals surface area contributed by atoms with E-state index in [1.165, 1.54) is 0 Å². The quantitative estimate of drug-likeness (QED) is 0.688. The predicted molar refractivity (Wildman–Crippen MR) is 93.7 cm³/mol. The van der Waals surface area contributed by atoms with Crippen LogP contribution in [0.2, 0.25) is 0 Å². The summed E-state index contributed by atoms with van der Waals surface area (Å²) in [4.78, 5) is 25.5. The van der Waals surface area contributed by atoms with Gasteiger partial charge in [-0.1, -0.05) is 88.4 Å². The van der Waals surface area contributed by atoms with Crippen LogP contribution in [-0.2, 0) is 0 Å². The van der Waals surface area contributed by atoms with Crippen LogP contribution in [0.15, 0.2) is 60.7 Å². The molecule has 120 valence electrons. The molecule has 2 rings (SSSR count). The van der Waals surface area contributed by atoms with Crippen molar-refractivity contribution in [2.75, 3.05) is 0 Å². The van der Waals surface area contributed by atoms with E-state index in [0.717, 1.165) is 0 Å². The third kappa shape index (κ3) is 3.58. The van der Waals surface area contributed by atoms with Gasteiger partial charge in [-0.3, -0.25) is 9.59 Å². The van der Waals surface area contributed by atoms with Crippen LogP contribution >= 0.6 is 0 Å². The fourth-order valence-corrected chi connectivity index (χ4v) is 2.61. The normalized spacial score (nSPS) is 12.0. The van der Waals surface area contributed by atoms with Gasteiger partial charge in [-0.15, -0.1) is 0 Å². The molecule has 0 bridgehead atoms. The first-order valence-electron chi connectivity index (χ1n) is 7.94. The molecule has 0 N–H and O–H groups in total. The van der Waals surface area contributed by atoms with Gasteiger partial charge in [0.05, 0.1) is 0 Å². The fraction of sp³-hybridized carbons (Fsp3) is 0.333. The Labute approximate surface area is 138 Å². The molecule has 0 amide bonds. The standard InChI is InChI=1S/C21H24O2/c1-20(2,15-18(22)16-11-7-5-8-12-16)21(3,4)19(23)17-13-9-6-10-14-17/h5-14H,15H2,1-4H3. The Morgan fingerprint density at radius 3 is 1.65 bits per heavy atom. The Bertz CT molecular complexity index is 682. The van der Waals surface area contributed by atoms with Crippen molar-refractivity contribution in [1.29, 1.82) is 0 Å². The minimum atomic E-state index is -0.640. The van der Waals surface area contributed by atoms with E-state index in [1.54, 1.807) is 0 Å². The molecule has 0 saturated carbocycles. The zero-order valence-corrected chi connectivity index (χ0v) is 14.3. The number of Topliss-reactive ketones (excluding diaryl/α,β-unsaturated/α-hetero) is 2. The van der Waals surface area contributed by atoms with Gasteiger partial charge in [0.2, 0.25) is 0 Å². The summed E-state index contributed by atoms with van der Waals surface area (Å²) in [6.45, 7) is 7.85. The number of carbonyl (C=O) groups is 2. The van der Waals surface area contributed by atoms with Crippen molar-refractivity contribution >= 4 is 11.6 Å². The summed E-state index contributed by atoms with van der Waals surface area (Å²) in [5.41, 5.74) is 0.298. The zero-order valence-electron chi connectivity index (χ0n) is 14.3. The highest BCUT2D eigenvalue weighted by Crippen LogP contribution is 2.44. The Kier molecular flexibility index (Phi) is 4.84. The van der Waals surface area contributed by atoms with Gasteiger partial charge in [-0.25, -0.2) is 0 Å². The van der Waals surface area contributed by atoms with Gasteiger partial charge < -0.3 is 0 Å². The topological polar surface area (TPSA) is 34.1 Å². The lowest BCUT2D eigenvalue weighted by atomic mass is 9.62. The molecule has 0 fully saturated rings. The first kappa shape index (κ1) is 17.1. The summed E-state index contributed by atoms with van der Waals surface area (Å²) >= 11 is 0. The van der Waals surface area contributed by atoms with Crippen LogP contribution in [0.3, 0.4) is 0 Å². The number of hydrogen-bond acceptors (Lipinski definition) is 2. The molecule has 23 heavy (non-hydrogen) atoms. The number of rotatable bonds is 6. The average Bonchev–Trinajstić information content (AvgIpc) is 2.55. The molecule has 0 aliphatic carbocycles. The fourth-order valence-electron chi connectivity index (χ4n) is 2.61. The molecule has 0 aromatic heterocycles. The molecule has 0 radical (unpaired) electrons. The van der Waals surface area contributed by atoms with Crippen molar-refractivity contribution in [2.24, 2.45) is 10.8 Å². The Hall–Kier alpha value is -2.22. The van der Waals surface area contributed by atoms with Crippen molar-refractivity contribution < 1.29 is 9.59 Å². The van der Waals surface area contributed by atoms with Crippen LogP contribution < -0.4 is 0 Å². The van der Waals surface area contributed by atoms with Crippen LogP contribution in [0, 0.1) is 10.8 Å². The van der Waals surface area contributed by atoms with Crippen molar-refractivity contribution in [3.63, 3.8) is 0 Å². The second-order valence-electron chi connectivity index (χ2n) is 7.17. The molecule has 0 unspecified atom stereocenters. The van der Waals surface area contributed by atoms with E-state index < -0.39 is 10.8 Å². The highest BCUT2D eigenvalue weighted by atomic mass is 16.1. The van der Waals surface area contributed by atoms with Gasteiger partial charge in [0.15, 0.2) is 11.6 Å². The van der Waals surface area contributed by atoms with E-state index >= 15 is 0 Å². The molecule has 0 aliphatic heterocycles. The Balaban J connectivity index is 2.23. The molecule has 0 heterocycles. The Morgan fingerprint density at radius 1 is 0.739 bits per heavy atom. The summed E-state index contributed by atoms with van der Waals surface area (Å²) in [5, 5.41) is 0. The maximum atomic E-state index is 12.9. The lowest BCUT2D eigenvalue weighted by molar-refractivity contribution is 0.0525. The lowest BCUT2D eigenvalue weighted by Crippen LogP contribution is -2.41. The number of ketones is 2. The highest BCUT2D eigenvalue weighted by Gasteiger charge is 2.44. The van der Waals surface area contributed by atoms with Crippen molar-refractivity contribution in [3.05, 3.63) is 71.8 Å². The van der Waals surface area contributed by atoms with E-state index in [4.69, 9.17) is 0 Å². The third-order valence-electron chi connectivity index (χ3n) is 4.99. The molecule has 2 aromatic carbocycles. The van der Waals surface area contributed by atoms with Gasteiger partial charge in [0, 0.05) is 23.0 Å². The van der Waals surface area contributed by atoms with E-state index in [9.17, 15) is 9.59 Å². The SMILES string of the molecule is CC(C)(CC(=O)c1ccccc1)C(C)(C)C(=O)c1ccccc1. The zero-order chi connectivity index (χ0) is 17.1. The lowest BCUT2D eigenvalue weighted by Gasteiger charge is -2.40. The predicted octanol–water partition coefficient (Wildman–Crippen LogP) is 5.19. The molecule has 0 spiro atoms. The number of benzene rings is 2. The van der Waals surface area contributed by atoms with Crippen LogP contribution in [0.1, 0.15) is 54.8 Å². The van der Waals surface area contributed by atoms with Crippen molar-refractivity contribution in [2.45, 2.75) is 34.1 Å². The molecule has 2 nitrogen and oxygen atoms in total. The summed E-state index contributed by atoms with van der Waals surface area (Å²) in [7, 11) is 0. The minimum absolute atomic E-state index is 0.0731. The van der Waals surface area contributed by atoms with E-state index in [2.05, 4.69) is 0 Å². The van der Waals surface area contributed by atoms with Gasteiger partial charge >= 0.3 is 0 Å². The molecule has 0 saturated heterocycles. The van der Waals surface area contributed by atoms with Crippen LogP contribution in [0.25, 0.3) is 0 Å². The molecule has 2 aromatic rings. The second-order valence-corrected chi connectivity index (χ2v) is 7.17. The number of carbonyl (C=O) groups excluding carboxylic acids is 2. The minimum Gasteiger partial charge on any atom is -0.294 e. The summed E-state index contributed by atoms with van der Waals surface area (Å²) < 4.78 is 0. The summed E-state index contributed by atoms with van der Waals surface area (Å²) in [6, 6.07) is 18.6. The third-order valence-corrected chi connectivity index (χ3v) is 4.99.